The van der Waals surface area contributed by atoms with E-state index >= 15 is 0 Å². The van der Waals surface area contributed by atoms with E-state index in [1.165, 1.54) is 83.5 Å². The summed E-state index contributed by atoms with van der Waals surface area (Å²) in [5, 5.41) is 8.02. The summed E-state index contributed by atoms with van der Waals surface area (Å²) in [5.74, 6) is 0.788. The van der Waals surface area contributed by atoms with Crippen LogP contribution < -0.4 is 0 Å². The molecule has 0 aromatic heterocycles. The number of thiol groups is 1. The highest BCUT2D eigenvalue weighted by atomic mass is 32.1. The quantitative estimate of drug-likeness (QED) is 0.235. The lowest BCUT2D eigenvalue weighted by Gasteiger charge is -2.04. The smallest absolute Gasteiger partial charge is 0.0466 e. The minimum atomic E-state index is 0.267. The van der Waals surface area contributed by atoms with Crippen LogP contribution in [-0.2, 0) is 4.74 Å². The molecule has 0 saturated carbocycles. The summed E-state index contributed by atoms with van der Waals surface area (Å²) >= 11 is 3.84. The molecule has 0 aromatic rings. The van der Waals surface area contributed by atoms with Crippen LogP contribution in [0.2, 0.25) is 0 Å². The van der Waals surface area contributed by atoms with Crippen LogP contribution in [0, 0.1) is 0 Å². The maximum atomic E-state index is 8.02. The van der Waals surface area contributed by atoms with Gasteiger partial charge in [0.15, 0.2) is 0 Å². The number of aliphatic hydroxyl groups excluding tert-OH is 1. The van der Waals surface area contributed by atoms with Crippen LogP contribution in [0.25, 0.3) is 0 Å². The third kappa shape index (κ3) is 30.7. The number of ether oxygens (including phenoxy) is 1. The normalized spacial score (nSPS) is 10.4. The van der Waals surface area contributed by atoms with Gasteiger partial charge in [0, 0.05) is 19.8 Å². The molecule has 0 rings (SSSR count). The highest BCUT2D eigenvalue weighted by molar-refractivity contribution is 7.80. The van der Waals surface area contributed by atoms with Gasteiger partial charge < -0.3 is 9.84 Å². The Morgan fingerprint density at radius 3 is 1.30 bits per heavy atom. The summed E-state index contributed by atoms with van der Waals surface area (Å²) in [5.41, 5.74) is 0. The van der Waals surface area contributed by atoms with Crippen molar-refractivity contribution in [3.05, 3.63) is 0 Å². The number of aliphatic hydroxyl groups is 1. The lowest BCUT2D eigenvalue weighted by Crippen LogP contribution is -1.97. The van der Waals surface area contributed by atoms with Crippen LogP contribution in [0.1, 0.15) is 104 Å². The summed E-state index contributed by atoms with van der Waals surface area (Å²) in [6, 6.07) is 0. The summed E-state index contributed by atoms with van der Waals surface area (Å²) in [6.45, 7) is 6.79. The van der Waals surface area contributed by atoms with Crippen molar-refractivity contribution in [3.8, 4) is 0 Å². The first kappa shape index (κ1) is 25.5. The zero-order valence-corrected chi connectivity index (χ0v) is 16.9. The lowest BCUT2D eigenvalue weighted by atomic mass is 10.1. The molecule has 0 unspecified atom stereocenters. The minimum absolute atomic E-state index is 0.267. The second kappa shape index (κ2) is 27.1. The molecule has 0 fully saturated rings. The lowest BCUT2D eigenvalue weighted by molar-refractivity contribution is 0.125. The molecule has 0 amide bonds. The number of hydrogen-bond acceptors (Lipinski definition) is 3. The van der Waals surface area contributed by atoms with Gasteiger partial charge in [-0.05, 0) is 25.0 Å². The first-order valence-corrected chi connectivity index (χ1v) is 10.8. The van der Waals surface area contributed by atoms with E-state index in [1.807, 2.05) is 0 Å². The molecular formula is C20H44O2S. The Labute approximate surface area is 152 Å². The predicted octanol–water partition coefficient (Wildman–Crippen LogP) is 6.41. The largest absolute Gasteiger partial charge is 0.396 e. The van der Waals surface area contributed by atoms with Crippen molar-refractivity contribution >= 4 is 12.6 Å². The van der Waals surface area contributed by atoms with Crippen LogP contribution in [0.4, 0.5) is 0 Å². The van der Waals surface area contributed by atoms with Gasteiger partial charge in [-0.25, -0.2) is 0 Å². The van der Waals surface area contributed by atoms with Crippen molar-refractivity contribution in [2.24, 2.45) is 0 Å². The molecule has 1 N–H and O–H groups in total. The molecule has 0 bridgehead atoms. The van der Waals surface area contributed by atoms with Gasteiger partial charge in [-0.15, -0.1) is 0 Å². The number of unbranched alkanes of at least 4 members (excludes halogenated alkanes) is 11. The Morgan fingerprint density at radius 1 is 0.609 bits per heavy atom. The van der Waals surface area contributed by atoms with Gasteiger partial charge in [0.05, 0.1) is 0 Å². The molecule has 0 spiro atoms. The van der Waals surface area contributed by atoms with Crippen LogP contribution in [0.15, 0.2) is 0 Å². The van der Waals surface area contributed by atoms with Crippen LogP contribution in [0.3, 0.4) is 0 Å². The van der Waals surface area contributed by atoms with Gasteiger partial charge >= 0.3 is 0 Å². The highest BCUT2D eigenvalue weighted by Crippen LogP contribution is 2.08. The van der Waals surface area contributed by atoms with E-state index in [-0.39, 0.29) is 6.61 Å². The standard InChI is InChI=1S/C17H36O.C3H8OS/c1-3-5-7-9-11-13-15-17-18-16-14-12-10-8-6-4-2;4-2-1-3-5/h3-17H2,1-2H3;4-5H,1-3H2. The Morgan fingerprint density at radius 2 is 1.00 bits per heavy atom. The van der Waals surface area contributed by atoms with Gasteiger partial charge in [0.1, 0.15) is 0 Å². The predicted molar refractivity (Wildman–Crippen MR) is 108 cm³/mol. The van der Waals surface area contributed by atoms with Crippen LogP contribution in [-0.4, -0.2) is 30.7 Å². The first-order chi connectivity index (χ1) is 11.3. The maximum Gasteiger partial charge on any atom is 0.0466 e. The molecule has 142 valence electrons. The summed E-state index contributed by atoms with van der Waals surface area (Å²) in [4.78, 5) is 0. The SMILES string of the molecule is CCCCCCCCCOCCCCCCCC.OCCCS. The fourth-order valence-electron chi connectivity index (χ4n) is 2.32. The molecule has 0 aliphatic heterocycles. The van der Waals surface area contributed by atoms with E-state index in [0.717, 1.165) is 25.4 Å². The molecule has 0 radical (unpaired) electrons. The molecule has 23 heavy (non-hydrogen) atoms. The summed E-state index contributed by atoms with van der Waals surface area (Å²) in [7, 11) is 0. The molecule has 0 aliphatic rings. The number of hydrogen-bond donors (Lipinski definition) is 2. The molecule has 3 heteroatoms. The molecule has 0 saturated heterocycles. The molecule has 0 atom stereocenters. The number of rotatable bonds is 17. The van der Waals surface area contributed by atoms with Crippen molar-refractivity contribution in [1.82, 2.24) is 0 Å². The van der Waals surface area contributed by atoms with Crippen LogP contribution >= 0.6 is 12.6 Å². The highest BCUT2D eigenvalue weighted by Gasteiger charge is 1.93. The Kier molecular flexibility index (Phi) is 30.1. The van der Waals surface area contributed by atoms with E-state index in [4.69, 9.17) is 9.84 Å². The van der Waals surface area contributed by atoms with Gasteiger partial charge in [0.2, 0.25) is 0 Å². The van der Waals surface area contributed by atoms with E-state index in [0.29, 0.717) is 0 Å². The van der Waals surface area contributed by atoms with Crippen molar-refractivity contribution in [1.29, 1.82) is 0 Å². The van der Waals surface area contributed by atoms with Gasteiger partial charge in [-0.1, -0.05) is 84.5 Å². The van der Waals surface area contributed by atoms with E-state index < -0.39 is 0 Å². The molecular weight excluding hydrogens is 304 g/mol. The van der Waals surface area contributed by atoms with E-state index in [9.17, 15) is 0 Å². The Bertz CT molecular complexity index is 159. The van der Waals surface area contributed by atoms with Gasteiger partial charge in [-0.2, -0.15) is 12.6 Å². The zero-order chi connectivity index (χ0) is 17.4. The van der Waals surface area contributed by atoms with Crippen molar-refractivity contribution < 1.29 is 9.84 Å². The van der Waals surface area contributed by atoms with Gasteiger partial charge in [0.25, 0.3) is 0 Å². The fraction of sp³-hybridized carbons (Fsp3) is 1.00. The fourth-order valence-corrected chi connectivity index (χ4v) is 2.46. The van der Waals surface area contributed by atoms with Crippen molar-refractivity contribution in [3.63, 3.8) is 0 Å². The topological polar surface area (TPSA) is 29.5 Å². The Balaban J connectivity index is 0. The molecule has 0 heterocycles. The first-order valence-electron chi connectivity index (χ1n) is 10.1. The average Bonchev–Trinajstić information content (AvgIpc) is 2.56. The zero-order valence-electron chi connectivity index (χ0n) is 16.0. The summed E-state index contributed by atoms with van der Waals surface area (Å²) < 4.78 is 5.67. The van der Waals surface area contributed by atoms with Crippen molar-refractivity contribution in [2.75, 3.05) is 25.6 Å². The average molecular weight is 349 g/mol. The van der Waals surface area contributed by atoms with Crippen LogP contribution in [0.5, 0.6) is 0 Å². The maximum absolute atomic E-state index is 8.02. The van der Waals surface area contributed by atoms with Gasteiger partial charge in [-0.3, -0.25) is 0 Å². The molecule has 0 aromatic carbocycles. The van der Waals surface area contributed by atoms with E-state index in [1.54, 1.807) is 0 Å². The third-order valence-electron chi connectivity index (χ3n) is 3.85. The second-order valence-electron chi connectivity index (χ2n) is 6.30. The third-order valence-corrected chi connectivity index (χ3v) is 4.17. The van der Waals surface area contributed by atoms with E-state index in [2.05, 4.69) is 26.5 Å². The van der Waals surface area contributed by atoms with Crippen molar-refractivity contribution in [2.45, 2.75) is 104 Å². The molecule has 0 aliphatic carbocycles. The minimum Gasteiger partial charge on any atom is -0.396 e. The second-order valence-corrected chi connectivity index (χ2v) is 6.75. The summed E-state index contributed by atoms with van der Waals surface area (Å²) in [6.07, 6.45) is 18.6. The Hall–Kier alpha value is 0.270. The molecule has 2 nitrogen and oxygen atoms in total. The monoisotopic (exact) mass is 348 g/mol.